The van der Waals surface area contributed by atoms with Gasteiger partial charge in [0.2, 0.25) is 18.3 Å². The summed E-state index contributed by atoms with van der Waals surface area (Å²) < 4.78 is 0. The normalized spacial score (nSPS) is 11.0. The Labute approximate surface area is 152 Å². The Bertz CT molecular complexity index is 634. The number of rotatable bonds is 7. The SMILES string of the molecule is CC.CC(CCc1c(Cl)cccc1Cl)Nc1ncnc(NC=O)n1. The highest BCUT2D eigenvalue weighted by molar-refractivity contribution is 6.35. The van der Waals surface area contributed by atoms with Crippen LogP contribution in [0.3, 0.4) is 0 Å². The van der Waals surface area contributed by atoms with Gasteiger partial charge in [-0.25, -0.2) is 9.97 Å². The van der Waals surface area contributed by atoms with E-state index in [4.69, 9.17) is 23.2 Å². The Kier molecular flexibility index (Phi) is 9.04. The van der Waals surface area contributed by atoms with E-state index in [-0.39, 0.29) is 12.0 Å². The summed E-state index contributed by atoms with van der Waals surface area (Å²) in [4.78, 5) is 22.3. The van der Waals surface area contributed by atoms with Crippen molar-refractivity contribution in [2.24, 2.45) is 0 Å². The monoisotopic (exact) mass is 369 g/mol. The fourth-order valence-electron chi connectivity index (χ4n) is 1.91. The molecule has 8 heteroatoms. The van der Waals surface area contributed by atoms with Gasteiger partial charge < -0.3 is 5.32 Å². The Morgan fingerprint density at radius 3 is 2.42 bits per heavy atom. The molecule has 0 bridgehead atoms. The number of hydrogen-bond acceptors (Lipinski definition) is 5. The van der Waals surface area contributed by atoms with Crippen LogP contribution in [0.15, 0.2) is 24.5 Å². The van der Waals surface area contributed by atoms with E-state index in [0.29, 0.717) is 22.4 Å². The maximum atomic E-state index is 10.4. The maximum absolute atomic E-state index is 10.4. The number of aromatic nitrogens is 3. The molecule has 0 aliphatic rings. The van der Waals surface area contributed by atoms with Gasteiger partial charge in [-0.3, -0.25) is 10.1 Å². The summed E-state index contributed by atoms with van der Waals surface area (Å²) in [5.41, 5.74) is 0.929. The van der Waals surface area contributed by atoms with Crippen molar-refractivity contribution in [1.29, 1.82) is 0 Å². The molecular formula is C16H21Cl2N5O. The van der Waals surface area contributed by atoms with Crippen LogP contribution in [0, 0.1) is 0 Å². The summed E-state index contributed by atoms with van der Waals surface area (Å²) in [6, 6.07) is 5.57. The second-order valence-corrected chi connectivity index (χ2v) is 5.49. The average molecular weight is 370 g/mol. The van der Waals surface area contributed by atoms with Crippen LogP contribution in [-0.4, -0.2) is 27.4 Å². The molecule has 130 valence electrons. The molecule has 0 saturated carbocycles. The number of anilines is 2. The maximum Gasteiger partial charge on any atom is 0.233 e. The minimum atomic E-state index is 0.0961. The molecule has 1 unspecified atom stereocenters. The van der Waals surface area contributed by atoms with Crippen LogP contribution >= 0.6 is 23.2 Å². The van der Waals surface area contributed by atoms with Crippen LogP contribution in [0.25, 0.3) is 0 Å². The predicted molar refractivity (Wildman–Crippen MR) is 98.7 cm³/mol. The minimum Gasteiger partial charge on any atom is -0.352 e. The Morgan fingerprint density at radius 1 is 1.17 bits per heavy atom. The molecule has 0 aliphatic carbocycles. The minimum absolute atomic E-state index is 0.0961. The third-order valence-electron chi connectivity index (χ3n) is 3.02. The van der Waals surface area contributed by atoms with E-state index in [2.05, 4.69) is 25.6 Å². The van der Waals surface area contributed by atoms with Crippen LogP contribution < -0.4 is 10.6 Å². The Morgan fingerprint density at radius 2 is 1.79 bits per heavy atom. The molecule has 1 heterocycles. The van der Waals surface area contributed by atoms with Crippen LogP contribution in [0.4, 0.5) is 11.9 Å². The molecule has 0 radical (unpaired) electrons. The van der Waals surface area contributed by atoms with Gasteiger partial charge in [-0.15, -0.1) is 0 Å². The van der Waals surface area contributed by atoms with Crippen molar-refractivity contribution in [3.05, 3.63) is 40.1 Å². The number of benzene rings is 1. The van der Waals surface area contributed by atoms with E-state index in [9.17, 15) is 4.79 Å². The van der Waals surface area contributed by atoms with Gasteiger partial charge in [0.1, 0.15) is 6.33 Å². The van der Waals surface area contributed by atoms with Crippen molar-refractivity contribution in [3.8, 4) is 0 Å². The zero-order chi connectivity index (χ0) is 17.9. The first-order valence-electron chi connectivity index (χ1n) is 7.69. The summed E-state index contributed by atoms with van der Waals surface area (Å²) in [7, 11) is 0. The first-order valence-corrected chi connectivity index (χ1v) is 8.44. The van der Waals surface area contributed by atoms with Gasteiger partial charge in [0.05, 0.1) is 0 Å². The Hall–Kier alpha value is -1.92. The molecule has 6 nitrogen and oxygen atoms in total. The molecule has 1 aromatic heterocycles. The predicted octanol–water partition coefficient (Wildman–Crippen LogP) is 4.21. The largest absolute Gasteiger partial charge is 0.352 e. The lowest BCUT2D eigenvalue weighted by atomic mass is 10.1. The van der Waals surface area contributed by atoms with Gasteiger partial charge in [0, 0.05) is 16.1 Å². The second kappa shape index (κ2) is 10.8. The van der Waals surface area contributed by atoms with Crippen molar-refractivity contribution in [2.45, 2.75) is 39.7 Å². The molecule has 2 N–H and O–H groups in total. The second-order valence-electron chi connectivity index (χ2n) is 4.68. The topological polar surface area (TPSA) is 79.8 Å². The number of nitrogens with zero attached hydrogens (tertiary/aromatic N) is 3. The van der Waals surface area contributed by atoms with Crippen molar-refractivity contribution in [3.63, 3.8) is 0 Å². The highest BCUT2D eigenvalue weighted by Gasteiger charge is 2.10. The molecule has 2 rings (SSSR count). The number of carbonyl (C=O) groups excluding carboxylic acids is 1. The van der Waals surface area contributed by atoms with Crippen molar-refractivity contribution >= 4 is 41.5 Å². The summed E-state index contributed by atoms with van der Waals surface area (Å²) in [6.45, 7) is 6.00. The lowest BCUT2D eigenvalue weighted by Gasteiger charge is -2.14. The van der Waals surface area contributed by atoms with Crippen LogP contribution in [-0.2, 0) is 11.2 Å². The van der Waals surface area contributed by atoms with E-state index in [1.54, 1.807) is 0 Å². The molecule has 0 aliphatic heterocycles. The molecule has 1 amide bonds. The van der Waals surface area contributed by atoms with Crippen LogP contribution in [0.1, 0.15) is 32.8 Å². The molecule has 0 saturated heterocycles. The lowest BCUT2D eigenvalue weighted by Crippen LogP contribution is -2.18. The first-order chi connectivity index (χ1) is 11.6. The average Bonchev–Trinajstić information content (AvgIpc) is 2.57. The highest BCUT2D eigenvalue weighted by Crippen LogP contribution is 2.26. The van der Waals surface area contributed by atoms with Crippen LogP contribution in [0.5, 0.6) is 0 Å². The van der Waals surface area contributed by atoms with Crippen molar-refractivity contribution in [1.82, 2.24) is 15.0 Å². The Balaban J connectivity index is 0.00000139. The van der Waals surface area contributed by atoms with Gasteiger partial charge in [-0.05, 0) is 37.5 Å². The van der Waals surface area contributed by atoms with Gasteiger partial charge in [-0.2, -0.15) is 4.98 Å². The third-order valence-corrected chi connectivity index (χ3v) is 3.73. The van der Waals surface area contributed by atoms with E-state index in [1.165, 1.54) is 6.33 Å². The smallest absolute Gasteiger partial charge is 0.233 e. The summed E-state index contributed by atoms with van der Waals surface area (Å²) in [5, 5.41) is 6.85. The quantitative estimate of drug-likeness (QED) is 0.714. The third kappa shape index (κ3) is 6.29. The van der Waals surface area contributed by atoms with E-state index >= 15 is 0 Å². The van der Waals surface area contributed by atoms with E-state index in [0.717, 1.165) is 18.4 Å². The lowest BCUT2D eigenvalue weighted by molar-refractivity contribution is -0.105. The highest BCUT2D eigenvalue weighted by atomic mass is 35.5. The van der Waals surface area contributed by atoms with E-state index < -0.39 is 0 Å². The van der Waals surface area contributed by atoms with Gasteiger partial charge in [0.25, 0.3) is 0 Å². The van der Waals surface area contributed by atoms with E-state index in [1.807, 2.05) is 39.0 Å². The standard InChI is InChI=1S/C14H15Cl2N5O.C2H6/c1-9(5-6-10-11(15)3-2-4-12(10)16)20-14-18-7-17-13(21-14)19-8-22;1-2/h2-4,7-9H,5-6H2,1H3,(H2,17,18,19,20,21,22);1-2H3. The summed E-state index contributed by atoms with van der Waals surface area (Å²) >= 11 is 12.3. The summed E-state index contributed by atoms with van der Waals surface area (Å²) in [5.74, 6) is 0.603. The molecule has 24 heavy (non-hydrogen) atoms. The van der Waals surface area contributed by atoms with Crippen LogP contribution in [0.2, 0.25) is 10.0 Å². The summed E-state index contributed by atoms with van der Waals surface area (Å²) in [6.07, 6.45) is 3.38. The first kappa shape index (κ1) is 20.1. The number of carbonyl (C=O) groups is 1. The number of halogens is 2. The molecule has 0 spiro atoms. The molecule has 1 aromatic carbocycles. The number of amides is 1. The fourth-order valence-corrected chi connectivity index (χ4v) is 2.50. The zero-order valence-corrected chi connectivity index (χ0v) is 15.4. The number of hydrogen-bond donors (Lipinski definition) is 2. The van der Waals surface area contributed by atoms with Gasteiger partial charge >= 0.3 is 0 Å². The fraction of sp³-hybridized carbons (Fsp3) is 0.375. The molecular weight excluding hydrogens is 349 g/mol. The van der Waals surface area contributed by atoms with Crippen molar-refractivity contribution < 1.29 is 4.79 Å². The molecule has 2 aromatic rings. The van der Waals surface area contributed by atoms with Gasteiger partial charge in [0.15, 0.2) is 0 Å². The zero-order valence-electron chi connectivity index (χ0n) is 13.9. The molecule has 1 atom stereocenters. The number of nitrogens with one attached hydrogen (secondary N) is 2. The van der Waals surface area contributed by atoms with Gasteiger partial charge in [-0.1, -0.05) is 43.1 Å². The van der Waals surface area contributed by atoms with Crippen molar-refractivity contribution in [2.75, 3.05) is 10.6 Å². The molecule has 0 fully saturated rings.